The largest absolute Gasteiger partial charge is 0.510 e. The Labute approximate surface area is 452 Å². The van der Waals surface area contributed by atoms with Crippen LogP contribution in [0.3, 0.4) is 0 Å². The number of para-hydroxylation sites is 4. The van der Waals surface area contributed by atoms with Gasteiger partial charge in [-0.3, -0.25) is 4.57 Å². The number of imidazole rings is 1. The van der Waals surface area contributed by atoms with Crippen LogP contribution < -0.4 is 9.30 Å². The van der Waals surface area contributed by atoms with Crippen molar-refractivity contribution in [3.63, 3.8) is 0 Å². The summed E-state index contributed by atoms with van der Waals surface area (Å²) in [6.45, 7) is 17.7. The summed E-state index contributed by atoms with van der Waals surface area (Å²) in [5.74, 6) is 2.14. The van der Waals surface area contributed by atoms with Crippen LogP contribution in [0.1, 0.15) is 97.7 Å². The first-order valence-electron chi connectivity index (χ1n) is 27.5. The average molecular weight is 1140 g/mol. The monoisotopic (exact) mass is 1140 g/mol. The van der Waals surface area contributed by atoms with Crippen molar-refractivity contribution in [2.75, 3.05) is 0 Å². The minimum Gasteiger partial charge on any atom is -0.510 e. The van der Waals surface area contributed by atoms with Gasteiger partial charge in [0.2, 0.25) is 0 Å². The van der Waals surface area contributed by atoms with Crippen LogP contribution in [0.15, 0.2) is 188 Å². The van der Waals surface area contributed by atoms with Gasteiger partial charge in [-0.15, -0.1) is 29.7 Å². The molecule has 11 aromatic rings. The first kappa shape index (κ1) is 43.3. The number of aromatic nitrogens is 4. The smallest absolute Gasteiger partial charge is 0.268 e. The zero-order valence-electron chi connectivity index (χ0n) is 47.5. The molecule has 8 aromatic carbocycles. The van der Waals surface area contributed by atoms with Gasteiger partial charge in [-0.25, -0.2) is 4.98 Å². The predicted molar refractivity (Wildman–Crippen MR) is 297 cm³/mol. The molecule has 3 aromatic heterocycles. The van der Waals surface area contributed by atoms with E-state index in [0.717, 1.165) is 84.9 Å². The number of fused-ring (bicyclic) bond motifs is 4. The summed E-state index contributed by atoms with van der Waals surface area (Å²) >= 11 is 0. The van der Waals surface area contributed by atoms with Crippen molar-refractivity contribution in [2.45, 2.75) is 85.0 Å². The maximum absolute atomic E-state index is 9.24. The van der Waals surface area contributed by atoms with E-state index in [9.17, 15) is 2.74 Å². The van der Waals surface area contributed by atoms with Crippen molar-refractivity contribution in [1.82, 2.24) is 14.1 Å². The first-order valence-corrected chi connectivity index (χ1v) is 25.0. The van der Waals surface area contributed by atoms with E-state index in [1.165, 1.54) is 5.56 Å². The molecule has 0 aliphatic rings. The van der Waals surface area contributed by atoms with E-state index in [1.807, 2.05) is 88.1 Å². The van der Waals surface area contributed by atoms with Crippen LogP contribution in [-0.4, -0.2) is 14.1 Å². The predicted octanol–water partition coefficient (Wildman–Crippen LogP) is 17.1. The Kier molecular flexibility index (Phi) is 11.8. The number of nitrogens with zero attached hydrogens (tertiary/aromatic N) is 4. The molecule has 0 atom stereocenters. The Balaban J connectivity index is 0.00000688. The van der Waals surface area contributed by atoms with Gasteiger partial charge in [0.25, 0.3) is 6.33 Å². The molecule has 3 heterocycles. The molecule has 0 unspecified atom stereocenters. The van der Waals surface area contributed by atoms with Crippen LogP contribution in [0.2, 0.25) is 0 Å². The second kappa shape index (κ2) is 19.9. The van der Waals surface area contributed by atoms with E-state index in [1.54, 1.807) is 0 Å². The third-order valence-corrected chi connectivity index (χ3v) is 14.0. The third kappa shape index (κ3) is 9.37. The van der Waals surface area contributed by atoms with E-state index >= 15 is 0 Å². The maximum atomic E-state index is 9.24. The molecule has 5 nitrogen and oxygen atoms in total. The van der Waals surface area contributed by atoms with Crippen molar-refractivity contribution in [3.05, 3.63) is 223 Å². The van der Waals surface area contributed by atoms with Gasteiger partial charge in [0.1, 0.15) is 5.82 Å². The van der Waals surface area contributed by atoms with E-state index in [2.05, 4.69) is 157 Å². The van der Waals surface area contributed by atoms with Gasteiger partial charge in [0, 0.05) is 49.8 Å². The summed E-state index contributed by atoms with van der Waals surface area (Å²) in [7, 11) is 0. The van der Waals surface area contributed by atoms with Crippen LogP contribution >= 0.6 is 0 Å². The number of rotatable bonds is 11. The Morgan fingerprint density at radius 1 is 0.603 bits per heavy atom. The fraction of sp³-hybridized carbons (Fsp3) is 0.194. The van der Waals surface area contributed by atoms with Crippen LogP contribution in [0.5, 0.6) is 11.5 Å². The number of pyridine rings is 1. The summed E-state index contributed by atoms with van der Waals surface area (Å²) in [5, 5.41) is 2.12. The second-order valence-electron chi connectivity index (χ2n) is 20.7. The number of ether oxygens (including phenoxy) is 1. The Morgan fingerprint density at radius 2 is 1.25 bits per heavy atom. The molecule has 0 amide bonds. The van der Waals surface area contributed by atoms with E-state index < -0.39 is 18.1 Å². The van der Waals surface area contributed by atoms with Gasteiger partial charge in [-0.05, 0) is 97.3 Å². The first-order chi connectivity index (χ1) is 36.9. The third-order valence-electron chi connectivity index (χ3n) is 14.0. The fourth-order valence-corrected chi connectivity index (χ4v) is 10.1. The number of benzene rings is 8. The van der Waals surface area contributed by atoms with Gasteiger partial charge in [0.05, 0.1) is 23.6 Å². The number of hydrogen-bond donors (Lipinski definition) is 0. The number of hydrogen-bond acceptors (Lipinski definition) is 2. The van der Waals surface area contributed by atoms with Gasteiger partial charge in [-0.1, -0.05) is 200 Å². The quantitative estimate of drug-likeness (QED) is 0.0956. The van der Waals surface area contributed by atoms with Crippen molar-refractivity contribution in [1.29, 1.82) is 0 Å². The summed E-state index contributed by atoms with van der Waals surface area (Å²) < 4.78 is 57.3. The Bertz CT molecular complexity index is 4030. The van der Waals surface area contributed by atoms with E-state index in [4.69, 9.17) is 13.8 Å². The maximum Gasteiger partial charge on any atom is 0.268 e. The molecule has 0 aliphatic heterocycles. The van der Waals surface area contributed by atoms with Crippen LogP contribution in [0.4, 0.5) is 0 Å². The molecular weight excluding hydrogens is 1070 g/mol. The molecule has 0 aliphatic carbocycles. The minimum atomic E-state index is -0.445. The summed E-state index contributed by atoms with van der Waals surface area (Å²) in [6.07, 6.45) is 7.71. The standard InChI is InChI=1S/C67H60N4O.Pt/c1-9-45(10-2)58-42-64(68-43-59(58)47-25-15-12-16-26-47)71-60-32-18-17-29-56(60)57-36-35-53(41-63(57)71)72-52-28-21-27-51(40-52)69-44-70(62-34-20-19-33-61(62)69)65-54(46-23-13-11-14-24-46)30-22-31-55(65)48-37-49(66(3,4)5)39-50(38-48)67(6,7)8;/h11-39,42-43,45H,9-10H2,1-8H3;/q-2;/i11D,13D,14D,23D,24D;. The molecule has 0 saturated carbocycles. The normalized spacial score (nSPS) is 12.9. The second-order valence-corrected chi connectivity index (χ2v) is 20.7. The minimum absolute atomic E-state index is 0. The van der Waals surface area contributed by atoms with Crippen molar-refractivity contribution in [2.24, 2.45) is 0 Å². The summed E-state index contributed by atoms with van der Waals surface area (Å²) in [6, 6.07) is 56.8. The van der Waals surface area contributed by atoms with E-state index in [-0.39, 0.29) is 49.5 Å². The Hall–Kier alpha value is -7.33. The van der Waals surface area contributed by atoms with Crippen molar-refractivity contribution in [3.8, 4) is 62.1 Å². The van der Waals surface area contributed by atoms with Crippen molar-refractivity contribution < 1.29 is 37.2 Å². The molecular formula is C67H60N4OPt-2. The zero-order chi connectivity index (χ0) is 54.1. The van der Waals surface area contributed by atoms with Crippen LogP contribution in [0, 0.1) is 18.5 Å². The van der Waals surface area contributed by atoms with Gasteiger partial charge < -0.3 is 13.9 Å². The SMILES string of the molecule is [2H]c1c([2H])c([2H])c(-c2cccc(-c3cc(C(C)(C)C)cc(C(C)(C)C)c3)c2-[n+]2[c-]n(-c3[c-]c(Oc4[c-]c5c(cc4)c4ccccc4n5-c4cc(C(CC)CC)c(-c5ccccc5)cn4)ccc3)c3ccccc32)c([2H])c1[2H].[Pt]. The van der Waals surface area contributed by atoms with Crippen LogP contribution in [0.25, 0.3) is 83.4 Å². The van der Waals surface area contributed by atoms with Gasteiger partial charge in [-0.2, -0.15) is 18.2 Å². The summed E-state index contributed by atoms with van der Waals surface area (Å²) in [4.78, 5) is 5.15. The molecule has 366 valence electrons. The van der Waals surface area contributed by atoms with E-state index in [0.29, 0.717) is 34.4 Å². The molecule has 0 fully saturated rings. The fourth-order valence-electron chi connectivity index (χ4n) is 10.1. The molecule has 11 rings (SSSR count). The molecule has 0 radical (unpaired) electrons. The molecule has 0 bridgehead atoms. The topological polar surface area (TPSA) is 35.9 Å². The van der Waals surface area contributed by atoms with Gasteiger partial charge >= 0.3 is 0 Å². The molecule has 73 heavy (non-hydrogen) atoms. The molecule has 0 N–H and O–H groups in total. The van der Waals surface area contributed by atoms with Crippen LogP contribution in [-0.2, 0) is 31.9 Å². The molecule has 6 heteroatoms. The molecule has 0 saturated heterocycles. The van der Waals surface area contributed by atoms with Crippen molar-refractivity contribution >= 4 is 32.8 Å². The summed E-state index contributed by atoms with van der Waals surface area (Å²) in [5.41, 5.74) is 12.5. The zero-order valence-corrected chi connectivity index (χ0v) is 44.8. The average Bonchev–Trinajstić information content (AvgIpc) is 4.02. The Morgan fingerprint density at radius 3 is 1.96 bits per heavy atom. The molecule has 0 spiro atoms. The van der Waals surface area contributed by atoms with Gasteiger partial charge in [0.15, 0.2) is 0 Å².